The van der Waals surface area contributed by atoms with Gasteiger partial charge in [0.1, 0.15) is 5.60 Å². The van der Waals surface area contributed by atoms with Gasteiger partial charge in [0.2, 0.25) is 0 Å². The van der Waals surface area contributed by atoms with Crippen LogP contribution in [0.15, 0.2) is 24.5 Å². The number of hydrogen-bond donors (Lipinski definition) is 4. The van der Waals surface area contributed by atoms with Gasteiger partial charge < -0.3 is 15.5 Å². The molecule has 0 bridgehead atoms. The number of rotatable bonds is 5. The first-order chi connectivity index (χ1) is 12.8. The van der Waals surface area contributed by atoms with Crippen molar-refractivity contribution >= 4 is 32.7 Å². The van der Waals surface area contributed by atoms with E-state index >= 15 is 0 Å². The third-order valence-electron chi connectivity index (χ3n) is 4.01. The number of fused-ring (bicyclic) bond motifs is 1. The first-order valence-electron chi connectivity index (χ1n) is 8.46. The number of urea groups is 1. The lowest BCUT2D eigenvalue weighted by atomic mass is 10.0. The molecule has 1 unspecified atom stereocenters. The second kappa shape index (κ2) is 7.55. The molecule has 3 aromatic rings. The summed E-state index contributed by atoms with van der Waals surface area (Å²) in [5.41, 5.74) is 1.96. The smallest absolute Gasteiger partial charge is 0.321 e. The van der Waals surface area contributed by atoms with Gasteiger partial charge in [0.05, 0.1) is 16.8 Å². The molecule has 0 aliphatic rings. The first-order valence-corrected chi connectivity index (χ1v) is 9.28. The molecule has 27 heavy (non-hydrogen) atoms. The number of thiazole rings is 1. The number of carbonyl (C=O) groups excluding carboxylic acids is 1. The van der Waals surface area contributed by atoms with Gasteiger partial charge in [0.25, 0.3) is 0 Å². The number of hydrogen-bond acceptors (Lipinski definition) is 7. The molecule has 1 atom stereocenters. The lowest BCUT2D eigenvalue weighted by Crippen LogP contribution is -2.28. The predicted molar refractivity (Wildman–Crippen MR) is 105 cm³/mol. The molecule has 8 nitrogen and oxygen atoms in total. The summed E-state index contributed by atoms with van der Waals surface area (Å²) in [6.07, 6.45) is 3.21. The fourth-order valence-electron chi connectivity index (χ4n) is 2.55. The van der Waals surface area contributed by atoms with Crippen molar-refractivity contribution in [3.05, 3.63) is 35.9 Å². The van der Waals surface area contributed by atoms with Crippen molar-refractivity contribution in [2.45, 2.75) is 26.4 Å². The zero-order chi connectivity index (χ0) is 19.6. The zero-order valence-electron chi connectivity index (χ0n) is 15.3. The number of carbonyl (C=O) groups is 1. The van der Waals surface area contributed by atoms with Crippen LogP contribution in [0.5, 0.6) is 0 Å². The summed E-state index contributed by atoms with van der Waals surface area (Å²) in [4.78, 5) is 24.5. The molecule has 0 aliphatic carbocycles. The van der Waals surface area contributed by atoms with Crippen molar-refractivity contribution in [2.24, 2.45) is 0 Å². The Balaban J connectivity index is 1.92. The lowest BCUT2D eigenvalue weighted by Gasteiger charge is -2.18. The summed E-state index contributed by atoms with van der Waals surface area (Å²) >= 11 is 1.42. The van der Waals surface area contributed by atoms with E-state index in [0.29, 0.717) is 11.7 Å². The van der Waals surface area contributed by atoms with E-state index in [-0.39, 0.29) is 11.9 Å². The predicted octanol–water partition coefficient (Wildman–Crippen LogP) is 2.40. The van der Waals surface area contributed by atoms with Gasteiger partial charge >= 0.3 is 6.03 Å². The van der Waals surface area contributed by atoms with E-state index in [4.69, 9.17) is 0 Å². The molecule has 0 radical (unpaired) electrons. The lowest BCUT2D eigenvalue weighted by molar-refractivity contribution is -0.00969. The third-order valence-corrected chi connectivity index (χ3v) is 5.13. The van der Waals surface area contributed by atoms with Crippen LogP contribution in [0.1, 0.15) is 25.2 Å². The molecule has 0 saturated heterocycles. The summed E-state index contributed by atoms with van der Waals surface area (Å²) in [5.74, 6) is 0.161. The first kappa shape index (κ1) is 19.2. The number of amides is 2. The number of nitrogens with one attached hydrogen (secondary N) is 2. The molecule has 0 fully saturated rings. The van der Waals surface area contributed by atoms with E-state index < -0.39 is 12.2 Å². The Bertz CT molecular complexity index is 969. The minimum absolute atomic E-state index is 0.161. The number of aliphatic hydroxyl groups excluding tert-OH is 1. The van der Waals surface area contributed by atoms with Gasteiger partial charge in [-0.3, -0.25) is 5.32 Å². The average Bonchev–Trinajstić information content (AvgIpc) is 3.05. The van der Waals surface area contributed by atoms with Crippen molar-refractivity contribution in [3.63, 3.8) is 0 Å². The van der Waals surface area contributed by atoms with Crippen molar-refractivity contribution in [2.75, 3.05) is 18.5 Å². The van der Waals surface area contributed by atoms with Crippen LogP contribution in [0, 0.1) is 6.92 Å². The topological polar surface area (TPSA) is 120 Å². The van der Waals surface area contributed by atoms with E-state index in [0.717, 1.165) is 26.9 Å². The molecule has 2 amide bonds. The van der Waals surface area contributed by atoms with Crippen molar-refractivity contribution in [3.8, 4) is 11.1 Å². The van der Waals surface area contributed by atoms with Gasteiger partial charge in [-0.05, 0) is 44.0 Å². The maximum atomic E-state index is 11.7. The second-order valence-electron chi connectivity index (χ2n) is 6.37. The number of nitrogens with zero attached hydrogens (tertiary/aromatic N) is 3. The number of anilines is 1. The van der Waals surface area contributed by atoms with Crippen molar-refractivity contribution in [1.82, 2.24) is 20.3 Å². The van der Waals surface area contributed by atoms with Crippen LogP contribution in [0.3, 0.4) is 0 Å². The van der Waals surface area contributed by atoms with Gasteiger partial charge in [0, 0.05) is 24.5 Å². The van der Waals surface area contributed by atoms with Crippen LogP contribution in [0.2, 0.25) is 0 Å². The number of aromatic nitrogens is 3. The fourth-order valence-corrected chi connectivity index (χ4v) is 3.46. The third kappa shape index (κ3) is 4.05. The molecular weight excluding hydrogens is 366 g/mol. The van der Waals surface area contributed by atoms with Gasteiger partial charge in [-0.2, -0.15) is 0 Å². The van der Waals surface area contributed by atoms with Crippen LogP contribution in [0.4, 0.5) is 9.93 Å². The Kier molecular flexibility index (Phi) is 5.36. The van der Waals surface area contributed by atoms with E-state index in [1.54, 1.807) is 12.4 Å². The normalized spacial score (nSPS) is 13.4. The molecule has 1 aromatic carbocycles. The SMILES string of the molecule is CCNC(=O)Nc1nc2cc(-c3cnc(C(C)(O)CO)nc3)cc(C)c2s1. The monoisotopic (exact) mass is 387 g/mol. The van der Waals surface area contributed by atoms with E-state index in [9.17, 15) is 15.0 Å². The van der Waals surface area contributed by atoms with E-state index in [1.807, 2.05) is 26.0 Å². The Morgan fingerprint density at radius 2 is 1.96 bits per heavy atom. The van der Waals surface area contributed by atoms with E-state index in [1.165, 1.54) is 18.3 Å². The maximum Gasteiger partial charge on any atom is 0.321 e. The van der Waals surface area contributed by atoms with E-state index in [2.05, 4.69) is 25.6 Å². The summed E-state index contributed by atoms with van der Waals surface area (Å²) in [5, 5.41) is 25.2. The summed E-state index contributed by atoms with van der Waals surface area (Å²) in [6.45, 7) is 5.36. The molecule has 2 heterocycles. The molecule has 0 aliphatic heterocycles. The Labute approximate surface area is 160 Å². The van der Waals surface area contributed by atoms with Crippen LogP contribution in [-0.4, -0.2) is 44.3 Å². The summed E-state index contributed by atoms with van der Waals surface area (Å²) in [7, 11) is 0. The Morgan fingerprint density at radius 3 is 2.59 bits per heavy atom. The molecule has 142 valence electrons. The zero-order valence-corrected chi connectivity index (χ0v) is 16.1. The molecule has 0 saturated carbocycles. The number of aliphatic hydroxyl groups is 2. The van der Waals surface area contributed by atoms with Gasteiger partial charge in [-0.25, -0.2) is 19.7 Å². The minimum Gasteiger partial charge on any atom is -0.393 e. The largest absolute Gasteiger partial charge is 0.393 e. The van der Waals surface area contributed by atoms with Crippen molar-refractivity contribution in [1.29, 1.82) is 0 Å². The van der Waals surface area contributed by atoms with Crippen molar-refractivity contribution < 1.29 is 15.0 Å². The number of aryl methyl sites for hydroxylation is 1. The highest BCUT2D eigenvalue weighted by Gasteiger charge is 2.25. The number of benzene rings is 1. The van der Waals surface area contributed by atoms with Gasteiger partial charge in [-0.1, -0.05) is 11.3 Å². The summed E-state index contributed by atoms with van der Waals surface area (Å²) < 4.78 is 0.992. The summed E-state index contributed by atoms with van der Waals surface area (Å²) in [6, 6.07) is 3.62. The maximum absolute atomic E-state index is 11.7. The highest BCUT2D eigenvalue weighted by Crippen LogP contribution is 2.33. The highest BCUT2D eigenvalue weighted by atomic mass is 32.1. The Hall–Kier alpha value is -2.62. The fraction of sp³-hybridized carbons (Fsp3) is 0.333. The average molecular weight is 387 g/mol. The quantitative estimate of drug-likeness (QED) is 0.534. The van der Waals surface area contributed by atoms with Gasteiger partial charge in [0.15, 0.2) is 11.0 Å². The molecular formula is C18H21N5O3S. The molecule has 4 N–H and O–H groups in total. The molecule has 0 spiro atoms. The van der Waals surface area contributed by atoms with Gasteiger partial charge in [-0.15, -0.1) is 0 Å². The standard InChI is InChI=1S/C18H21N5O3S/c1-4-19-16(25)23-17-22-13-6-11(5-10(2)14(13)27-17)12-7-20-15(21-8-12)18(3,26)9-24/h5-8,24,26H,4,9H2,1-3H3,(H2,19,22,23,25). The second-order valence-corrected chi connectivity index (χ2v) is 7.37. The van der Waals surface area contributed by atoms with Crippen LogP contribution in [0.25, 0.3) is 21.3 Å². The minimum atomic E-state index is -1.48. The van der Waals surface area contributed by atoms with Crippen LogP contribution in [-0.2, 0) is 5.60 Å². The Morgan fingerprint density at radius 1 is 1.26 bits per heavy atom. The van der Waals surface area contributed by atoms with Crippen LogP contribution < -0.4 is 10.6 Å². The highest BCUT2D eigenvalue weighted by molar-refractivity contribution is 7.22. The molecule has 9 heteroatoms. The molecule has 2 aromatic heterocycles. The van der Waals surface area contributed by atoms with Crippen LogP contribution >= 0.6 is 11.3 Å². The molecule has 3 rings (SSSR count).